The molecule has 3 aromatic heterocycles. The third-order valence-corrected chi connectivity index (χ3v) is 5.34. The van der Waals surface area contributed by atoms with E-state index in [0.717, 1.165) is 12.1 Å². The van der Waals surface area contributed by atoms with Crippen LogP contribution in [0.5, 0.6) is 0 Å². The molecule has 0 radical (unpaired) electrons. The molecular formula is C22H16F3N5O2. The van der Waals surface area contributed by atoms with Crippen molar-refractivity contribution in [3.05, 3.63) is 76.2 Å². The Kier molecular flexibility index (Phi) is 4.41. The Balaban J connectivity index is 1.86. The number of pyridine rings is 1. The van der Waals surface area contributed by atoms with Crippen molar-refractivity contribution in [3.63, 3.8) is 0 Å². The molecule has 0 aliphatic heterocycles. The summed E-state index contributed by atoms with van der Waals surface area (Å²) in [5, 5.41) is 17.4. The van der Waals surface area contributed by atoms with Crippen molar-refractivity contribution in [2.24, 2.45) is 7.05 Å². The Morgan fingerprint density at radius 2 is 1.91 bits per heavy atom. The molecule has 2 aromatic carbocycles. The SMILES string of the molecule is Cn1ncc2c3[nH]n(-c4cccc(CO)c4)c(=O)c3c(-c3cccc(C(F)(F)F)c3)nc21. The van der Waals surface area contributed by atoms with Gasteiger partial charge in [0.1, 0.15) is 0 Å². The summed E-state index contributed by atoms with van der Waals surface area (Å²) in [4.78, 5) is 18.0. The van der Waals surface area contributed by atoms with Gasteiger partial charge in [-0.15, -0.1) is 0 Å². The molecule has 0 aliphatic rings. The molecule has 3 heterocycles. The third kappa shape index (κ3) is 3.07. The number of benzene rings is 2. The number of halogens is 3. The van der Waals surface area contributed by atoms with Gasteiger partial charge in [-0.3, -0.25) is 14.6 Å². The van der Waals surface area contributed by atoms with Crippen molar-refractivity contribution in [1.82, 2.24) is 24.5 Å². The first-order valence-corrected chi connectivity index (χ1v) is 9.62. The number of hydrogen-bond donors (Lipinski definition) is 2. The number of alkyl halides is 3. The first kappa shape index (κ1) is 20.0. The average molecular weight is 439 g/mol. The quantitative estimate of drug-likeness (QED) is 0.448. The van der Waals surface area contributed by atoms with Crippen LogP contribution in [0.2, 0.25) is 0 Å². The fraction of sp³-hybridized carbons (Fsp3) is 0.136. The normalized spacial score (nSPS) is 12.2. The molecule has 0 atom stereocenters. The largest absolute Gasteiger partial charge is 0.416 e. The number of aliphatic hydroxyl groups is 1. The second-order valence-corrected chi connectivity index (χ2v) is 7.37. The van der Waals surface area contributed by atoms with Crippen LogP contribution in [0.25, 0.3) is 38.9 Å². The average Bonchev–Trinajstić information content (AvgIpc) is 3.33. The van der Waals surface area contributed by atoms with Crippen molar-refractivity contribution >= 4 is 21.9 Å². The Labute approximate surface area is 178 Å². The molecule has 0 bridgehead atoms. The van der Waals surface area contributed by atoms with E-state index >= 15 is 0 Å². The van der Waals surface area contributed by atoms with Gasteiger partial charge in [0.25, 0.3) is 5.56 Å². The van der Waals surface area contributed by atoms with E-state index in [1.54, 1.807) is 37.5 Å². The lowest BCUT2D eigenvalue weighted by atomic mass is 10.0. The Morgan fingerprint density at radius 3 is 2.66 bits per heavy atom. The van der Waals surface area contributed by atoms with E-state index in [2.05, 4.69) is 15.2 Å². The van der Waals surface area contributed by atoms with Crippen LogP contribution in [0, 0.1) is 0 Å². The van der Waals surface area contributed by atoms with Gasteiger partial charge in [-0.2, -0.15) is 18.3 Å². The summed E-state index contributed by atoms with van der Waals surface area (Å²) in [5.41, 5.74) is 0.904. The number of aliphatic hydroxyl groups excluding tert-OH is 1. The number of aromatic amines is 1. The standard InChI is InChI=1S/C22H16F3N5O2/c1-29-20-16(10-26-29)19-17(18(27-20)13-5-3-6-14(9-13)22(23,24)25)21(32)30(28-19)15-7-2-4-12(8-15)11-31/h2-10,28,31H,11H2,1H3. The first-order valence-electron chi connectivity index (χ1n) is 9.62. The van der Waals surface area contributed by atoms with Gasteiger partial charge >= 0.3 is 6.18 Å². The number of nitrogens with zero attached hydrogens (tertiary/aromatic N) is 4. The van der Waals surface area contributed by atoms with Crippen LogP contribution in [-0.4, -0.2) is 29.7 Å². The zero-order valence-electron chi connectivity index (χ0n) is 16.7. The molecule has 5 rings (SSSR count). The maximum atomic E-state index is 13.4. The van der Waals surface area contributed by atoms with Crippen molar-refractivity contribution in [2.45, 2.75) is 12.8 Å². The number of fused-ring (bicyclic) bond motifs is 3. The molecule has 0 saturated carbocycles. The van der Waals surface area contributed by atoms with Crippen LogP contribution in [0.1, 0.15) is 11.1 Å². The Bertz CT molecular complexity index is 1550. The highest BCUT2D eigenvalue weighted by Gasteiger charge is 2.31. The van der Waals surface area contributed by atoms with E-state index in [1.165, 1.54) is 21.5 Å². The molecule has 5 aromatic rings. The van der Waals surface area contributed by atoms with Crippen LogP contribution in [0.4, 0.5) is 13.2 Å². The molecular weight excluding hydrogens is 423 g/mol. The van der Waals surface area contributed by atoms with Crippen molar-refractivity contribution in [1.29, 1.82) is 0 Å². The minimum absolute atomic E-state index is 0.125. The smallest absolute Gasteiger partial charge is 0.392 e. The number of rotatable bonds is 3. The number of nitrogens with one attached hydrogen (secondary N) is 1. The molecule has 7 nitrogen and oxygen atoms in total. The molecule has 0 aliphatic carbocycles. The summed E-state index contributed by atoms with van der Waals surface area (Å²) >= 11 is 0. The number of hydrogen-bond acceptors (Lipinski definition) is 4. The molecule has 162 valence electrons. The lowest BCUT2D eigenvalue weighted by Gasteiger charge is -2.09. The van der Waals surface area contributed by atoms with Crippen LogP contribution < -0.4 is 5.56 Å². The minimum Gasteiger partial charge on any atom is -0.392 e. The number of aryl methyl sites for hydroxylation is 1. The third-order valence-electron chi connectivity index (χ3n) is 5.34. The predicted octanol–water partition coefficient (Wildman–Crippen LogP) is 3.78. The van der Waals surface area contributed by atoms with Gasteiger partial charge in [0.15, 0.2) is 5.65 Å². The summed E-state index contributed by atoms with van der Waals surface area (Å²) in [7, 11) is 1.66. The summed E-state index contributed by atoms with van der Waals surface area (Å²) in [6, 6.07) is 11.5. The predicted molar refractivity (Wildman–Crippen MR) is 112 cm³/mol. The van der Waals surface area contributed by atoms with Gasteiger partial charge in [-0.05, 0) is 29.8 Å². The Morgan fingerprint density at radius 1 is 1.12 bits per heavy atom. The first-order chi connectivity index (χ1) is 15.3. The number of H-pyrrole nitrogens is 1. The fourth-order valence-corrected chi connectivity index (χ4v) is 3.78. The molecule has 10 heteroatoms. The zero-order chi connectivity index (χ0) is 22.6. The maximum absolute atomic E-state index is 13.4. The lowest BCUT2D eigenvalue weighted by molar-refractivity contribution is -0.137. The van der Waals surface area contributed by atoms with Crippen LogP contribution in [-0.2, 0) is 19.8 Å². The number of aromatic nitrogens is 5. The summed E-state index contributed by atoms with van der Waals surface area (Å²) in [6.07, 6.45) is -2.99. The molecule has 32 heavy (non-hydrogen) atoms. The summed E-state index contributed by atoms with van der Waals surface area (Å²) < 4.78 is 42.7. The van der Waals surface area contributed by atoms with E-state index in [1.807, 2.05) is 0 Å². The molecule has 0 amide bonds. The van der Waals surface area contributed by atoms with Crippen molar-refractivity contribution in [3.8, 4) is 16.9 Å². The van der Waals surface area contributed by atoms with Gasteiger partial charge in [-0.1, -0.05) is 24.3 Å². The van der Waals surface area contributed by atoms with E-state index in [-0.39, 0.29) is 23.3 Å². The molecule has 2 N–H and O–H groups in total. The van der Waals surface area contributed by atoms with Crippen LogP contribution >= 0.6 is 0 Å². The lowest BCUT2D eigenvalue weighted by Crippen LogP contribution is -2.15. The highest BCUT2D eigenvalue weighted by atomic mass is 19.4. The summed E-state index contributed by atoms with van der Waals surface area (Å²) in [6.45, 7) is -0.202. The van der Waals surface area contributed by atoms with Crippen LogP contribution in [0.15, 0.2) is 59.5 Å². The highest BCUT2D eigenvalue weighted by molar-refractivity contribution is 6.07. The van der Waals surface area contributed by atoms with E-state index in [0.29, 0.717) is 27.8 Å². The van der Waals surface area contributed by atoms with E-state index < -0.39 is 17.3 Å². The van der Waals surface area contributed by atoms with Gasteiger partial charge < -0.3 is 5.11 Å². The second kappa shape index (κ2) is 7.06. The maximum Gasteiger partial charge on any atom is 0.416 e. The van der Waals surface area contributed by atoms with Crippen LogP contribution in [0.3, 0.4) is 0 Å². The second-order valence-electron chi connectivity index (χ2n) is 7.37. The minimum atomic E-state index is -4.53. The molecule has 0 spiro atoms. The van der Waals surface area contributed by atoms with Crippen molar-refractivity contribution < 1.29 is 18.3 Å². The fourth-order valence-electron chi connectivity index (χ4n) is 3.78. The summed E-state index contributed by atoms with van der Waals surface area (Å²) in [5.74, 6) is 0. The molecule has 0 saturated heterocycles. The zero-order valence-corrected chi connectivity index (χ0v) is 16.7. The van der Waals surface area contributed by atoms with E-state index in [9.17, 15) is 23.1 Å². The van der Waals surface area contributed by atoms with Gasteiger partial charge in [0, 0.05) is 12.6 Å². The van der Waals surface area contributed by atoms with Gasteiger partial charge in [0.05, 0.1) is 46.0 Å². The Hall–Kier alpha value is -3.92. The van der Waals surface area contributed by atoms with Gasteiger partial charge in [0.2, 0.25) is 0 Å². The van der Waals surface area contributed by atoms with E-state index in [4.69, 9.17) is 0 Å². The van der Waals surface area contributed by atoms with Gasteiger partial charge in [-0.25, -0.2) is 9.67 Å². The molecule has 0 fully saturated rings. The topological polar surface area (TPSA) is 88.7 Å². The van der Waals surface area contributed by atoms with Crippen molar-refractivity contribution in [2.75, 3.05) is 0 Å². The molecule has 0 unspecified atom stereocenters. The monoisotopic (exact) mass is 439 g/mol. The highest BCUT2D eigenvalue weighted by Crippen LogP contribution is 2.34.